The Balaban J connectivity index is 1.51. The lowest BCUT2D eigenvalue weighted by atomic mass is 10.1. The number of hydrogen-bond acceptors (Lipinski definition) is 6. The summed E-state index contributed by atoms with van der Waals surface area (Å²) in [4.78, 5) is 56.0. The SMILES string of the molecule is O=C(O)CC(NC(=O)CNC(=O)c1cccc(NC(=O)NCc2cccnc2)c1)c1cccnc1. The fourth-order valence-corrected chi connectivity index (χ4v) is 3.12. The molecule has 4 amide bonds. The Bertz CT molecular complexity index is 1170. The van der Waals surface area contributed by atoms with Gasteiger partial charge in [0, 0.05) is 42.6 Å². The second-order valence-electron chi connectivity index (χ2n) is 7.44. The van der Waals surface area contributed by atoms with Crippen LogP contribution in [0.1, 0.15) is 33.9 Å². The van der Waals surface area contributed by atoms with Crippen LogP contribution in [0.2, 0.25) is 0 Å². The first-order valence-electron chi connectivity index (χ1n) is 10.6. The molecule has 180 valence electrons. The molecule has 5 N–H and O–H groups in total. The molecule has 0 bridgehead atoms. The third kappa shape index (κ3) is 8.24. The highest BCUT2D eigenvalue weighted by atomic mass is 16.4. The average Bonchev–Trinajstić information content (AvgIpc) is 2.86. The van der Waals surface area contributed by atoms with Crippen LogP contribution in [0.4, 0.5) is 10.5 Å². The molecule has 2 aromatic heterocycles. The molecule has 0 fully saturated rings. The van der Waals surface area contributed by atoms with Crippen LogP contribution < -0.4 is 21.3 Å². The summed E-state index contributed by atoms with van der Waals surface area (Å²) in [6.45, 7) is -0.0741. The van der Waals surface area contributed by atoms with Crippen molar-refractivity contribution in [1.29, 1.82) is 0 Å². The Morgan fingerprint density at radius 2 is 1.69 bits per heavy atom. The zero-order chi connectivity index (χ0) is 25.0. The molecule has 0 aliphatic rings. The largest absolute Gasteiger partial charge is 0.481 e. The maximum atomic E-state index is 12.5. The third-order valence-electron chi connectivity index (χ3n) is 4.77. The highest BCUT2D eigenvalue weighted by Gasteiger charge is 2.19. The van der Waals surface area contributed by atoms with Crippen LogP contribution in [0, 0.1) is 0 Å². The number of amides is 4. The predicted molar refractivity (Wildman–Crippen MR) is 126 cm³/mol. The van der Waals surface area contributed by atoms with Crippen molar-refractivity contribution >= 4 is 29.5 Å². The molecule has 1 unspecified atom stereocenters. The van der Waals surface area contributed by atoms with Crippen molar-refractivity contribution in [2.45, 2.75) is 19.0 Å². The molecule has 0 aliphatic heterocycles. The van der Waals surface area contributed by atoms with Crippen LogP contribution in [0.3, 0.4) is 0 Å². The highest BCUT2D eigenvalue weighted by Crippen LogP contribution is 2.15. The van der Waals surface area contributed by atoms with Crippen LogP contribution >= 0.6 is 0 Å². The summed E-state index contributed by atoms with van der Waals surface area (Å²) in [6, 6.07) is 11.9. The van der Waals surface area contributed by atoms with E-state index in [1.165, 1.54) is 24.5 Å². The summed E-state index contributed by atoms with van der Waals surface area (Å²) < 4.78 is 0. The Morgan fingerprint density at radius 3 is 2.37 bits per heavy atom. The minimum atomic E-state index is -1.09. The van der Waals surface area contributed by atoms with Gasteiger partial charge in [0.15, 0.2) is 0 Å². The first-order valence-corrected chi connectivity index (χ1v) is 10.6. The Hall–Kier alpha value is -4.80. The second kappa shape index (κ2) is 12.4. The number of carboxylic acids is 1. The average molecular weight is 476 g/mol. The summed E-state index contributed by atoms with van der Waals surface area (Å²) in [6.07, 6.45) is 5.96. The van der Waals surface area contributed by atoms with Gasteiger partial charge in [0.25, 0.3) is 5.91 Å². The van der Waals surface area contributed by atoms with Gasteiger partial charge in [-0.05, 0) is 41.5 Å². The van der Waals surface area contributed by atoms with Crippen LogP contribution in [-0.2, 0) is 16.1 Å². The van der Waals surface area contributed by atoms with E-state index >= 15 is 0 Å². The minimum Gasteiger partial charge on any atom is -0.481 e. The first kappa shape index (κ1) is 24.8. The fourth-order valence-electron chi connectivity index (χ4n) is 3.12. The Morgan fingerprint density at radius 1 is 0.914 bits per heavy atom. The number of carbonyl (C=O) groups is 4. The standard InChI is InChI=1S/C24H24N6O5/c31-21(30-20(11-22(32)33)18-6-3-9-26-14-18)15-27-23(34)17-5-1-7-19(10-17)29-24(35)28-13-16-4-2-8-25-12-16/h1-10,12,14,20H,11,13,15H2,(H,27,34)(H,30,31)(H,32,33)(H2,28,29,35). The lowest BCUT2D eigenvalue weighted by Gasteiger charge is -2.17. The van der Waals surface area contributed by atoms with E-state index in [0.29, 0.717) is 11.3 Å². The smallest absolute Gasteiger partial charge is 0.319 e. The molecule has 0 saturated carbocycles. The van der Waals surface area contributed by atoms with E-state index in [-0.39, 0.29) is 25.1 Å². The number of aliphatic carboxylic acids is 1. The monoisotopic (exact) mass is 476 g/mol. The van der Waals surface area contributed by atoms with Crippen molar-refractivity contribution < 1.29 is 24.3 Å². The molecule has 35 heavy (non-hydrogen) atoms. The number of pyridine rings is 2. The maximum absolute atomic E-state index is 12.5. The number of nitrogens with one attached hydrogen (secondary N) is 4. The number of benzene rings is 1. The zero-order valence-corrected chi connectivity index (χ0v) is 18.6. The lowest BCUT2D eigenvalue weighted by molar-refractivity contribution is -0.137. The van der Waals surface area contributed by atoms with E-state index in [9.17, 15) is 19.2 Å². The number of carbonyl (C=O) groups excluding carboxylic acids is 3. The molecule has 3 rings (SSSR count). The molecule has 11 nitrogen and oxygen atoms in total. The summed E-state index contributed by atoms with van der Waals surface area (Å²) in [5.74, 6) is -2.18. The van der Waals surface area contributed by atoms with Gasteiger partial charge < -0.3 is 26.4 Å². The number of carboxylic acid groups (broad SMARTS) is 1. The topological polar surface area (TPSA) is 162 Å². The van der Waals surface area contributed by atoms with Gasteiger partial charge in [-0.3, -0.25) is 24.4 Å². The van der Waals surface area contributed by atoms with Gasteiger partial charge in [-0.25, -0.2) is 4.79 Å². The number of aromatic nitrogens is 2. The van der Waals surface area contributed by atoms with Gasteiger partial charge in [-0.2, -0.15) is 0 Å². The summed E-state index contributed by atoms with van der Waals surface area (Å²) in [7, 11) is 0. The molecule has 1 aromatic carbocycles. The number of anilines is 1. The molecule has 0 aliphatic carbocycles. The molecule has 11 heteroatoms. The van der Waals surface area contributed by atoms with Crippen LogP contribution in [-0.4, -0.2) is 45.4 Å². The van der Waals surface area contributed by atoms with Crippen molar-refractivity contribution in [3.05, 3.63) is 90.0 Å². The molecular formula is C24H24N6O5. The van der Waals surface area contributed by atoms with Gasteiger partial charge in [-0.15, -0.1) is 0 Å². The van der Waals surface area contributed by atoms with E-state index in [1.54, 1.807) is 42.7 Å². The maximum Gasteiger partial charge on any atom is 0.319 e. The number of nitrogens with zero attached hydrogens (tertiary/aromatic N) is 2. The molecule has 1 atom stereocenters. The van der Waals surface area contributed by atoms with Gasteiger partial charge >= 0.3 is 12.0 Å². The van der Waals surface area contributed by atoms with E-state index < -0.39 is 29.9 Å². The Kier molecular flexibility index (Phi) is 8.83. The van der Waals surface area contributed by atoms with Crippen molar-refractivity contribution in [2.75, 3.05) is 11.9 Å². The van der Waals surface area contributed by atoms with Crippen molar-refractivity contribution in [1.82, 2.24) is 25.9 Å². The highest BCUT2D eigenvalue weighted by molar-refractivity contribution is 5.98. The zero-order valence-electron chi connectivity index (χ0n) is 18.6. The molecule has 0 radical (unpaired) electrons. The first-order chi connectivity index (χ1) is 16.9. The quantitative estimate of drug-likeness (QED) is 0.298. The fraction of sp³-hybridized carbons (Fsp3) is 0.167. The minimum absolute atomic E-state index is 0.234. The predicted octanol–water partition coefficient (Wildman–Crippen LogP) is 1.86. The molecule has 0 spiro atoms. The molecular weight excluding hydrogens is 452 g/mol. The molecule has 3 aromatic rings. The van der Waals surface area contributed by atoms with Crippen molar-refractivity contribution in [2.24, 2.45) is 0 Å². The van der Waals surface area contributed by atoms with Gasteiger partial charge in [0.05, 0.1) is 19.0 Å². The van der Waals surface area contributed by atoms with Crippen molar-refractivity contribution in [3.63, 3.8) is 0 Å². The normalized spacial score (nSPS) is 11.1. The number of urea groups is 1. The van der Waals surface area contributed by atoms with E-state index in [1.807, 2.05) is 6.07 Å². The number of hydrogen-bond donors (Lipinski definition) is 5. The van der Waals surface area contributed by atoms with Crippen molar-refractivity contribution in [3.8, 4) is 0 Å². The van der Waals surface area contributed by atoms with E-state index in [0.717, 1.165) is 5.56 Å². The summed E-state index contributed by atoms with van der Waals surface area (Å²) >= 11 is 0. The van der Waals surface area contributed by atoms with Gasteiger partial charge in [-0.1, -0.05) is 18.2 Å². The Labute approximate surface area is 201 Å². The van der Waals surface area contributed by atoms with Crippen LogP contribution in [0.25, 0.3) is 0 Å². The molecule has 0 saturated heterocycles. The summed E-state index contributed by atoms with van der Waals surface area (Å²) in [5.41, 5.74) is 2.00. The lowest BCUT2D eigenvalue weighted by Crippen LogP contribution is -2.39. The van der Waals surface area contributed by atoms with E-state index in [2.05, 4.69) is 31.2 Å². The third-order valence-corrected chi connectivity index (χ3v) is 4.77. The van der Waals surface area contributed by atoms with Crippen LogP contribution in [0.15, 0.2) is 73.3 Å². The van der Waals surface area contributed by atoms with Crippen LogP contribution in [0.5, 0.6) is 0 Å². The van der Waals surface area contributed by atoms with Gasteiger partial charge in [0.2, 0.25) is 5.91 Å². The van der Waals surface area contributed by atoms with Gasteiger partial charge in [0.1, 0.15) is 0 Å². The summed E-state index contributed by atoms with van der Waals surface area (Å²) in [5, 5.41) is 19.5. The molecule has 2 heterocycles. The van der Waals surface area contributed by atoms with E-state index in [4.69, 9.17) is 5.11 Å². The second-order valence-corrected chi connectivity index (χ2v) is 7.44. The number of rotatable bonds is 10.